The Morgan fingerprint density at radius 3 is 2.62 bits per heavy atom. The van der Waals surface area contributed by atoms with Gasteiger partial charge in [-0.2, -0.15) is 0 Å². The van der Waals surface area contributed by atoms with Gasteiger partial charge in [0.2, 0.25) is 0 Å². The number of allylic oxidation sites excluding steroid dienone is 1. The summed E-state index contributed by atoms with van der Waals surface area (Å²) in [7, 11) is 0. The molecule has 4 heteroatoms. The van der Waals surface area contributed by atoms with Gasteiger partial charge >= 0.3 is 0 Å². The summed E-state index contributed by atoms with van der Waals surface area (Å²) in [6.45, 7) is 0.600. The molecule has 16 heavy (non-hydrogen) atoms. The molecule has 4 N–H and O–H groups in total. The van der Waals surface area contributed by atoms with Crippen LogP contribution in [0.4, 0.5) is 0 Å². The first-order valence-corrected chi connectivity index (χ1v) is 5.17. The molecule has 0 saturated carbocycles. The Morgan fingerprint density at radius 2 is 2.00 bits per heavy atom. The summed E-state index contributed by atoms with van der Waals surface area (Å²) >= 11 is 0. The van der Waals surface area contributed by atoms with E-state index in [-0.39, 0.29) is 0 Å². The second kappa shape index (κ2) is 6.63. The fraction of sp³-hybridized carbons (Fsp3) is 0.250. The summed E-state index contributed by atoms with van der Waals surface area (Å²) in [4.78, 5) is 10.2. The molecule has 1 aromatic rings. The average Bonchev–Trinajstić information content (AvgIpc) is 2.27. The molecule has 0 aliphatic heterocycles. The quantitative estimate of drug-likeness (QED) is 0.427. The van der Waals surface area contributed by atoms with Crippen molar-refractivity contribution in [2.75, 3.05) is 0 Å². The predicted molar refractivity (Wildman–Crippen MR) is 63.7 cm³/mol. The lowest BCUT2D eigenvalue weighted by Crippen LogP contribution is -2.25. The van der Waals surface area contributed by atoms with Crippen LogP contribution in [0.3, 0.4) is 0 Å². The molecule has 86 valence electrons. The molecular weight excluding hydrogens is 202 g/mol. The standard InChI is InChI=1S/C12H17N3O/c13-12(7-4-8-16)10-15(14)9-11-5-2-1-3-6-11/h1-3,5-6,8,10H,4,7,9,13-14H2/b12-10-. The number of nitrogens with two attached hydrogens (primary N) is 2. The molecule has 0 aliphatic carbocycles. The van der Waals surface area contributed by atoms with Gasteiger partial charge in [0, 0.05) is 18.3 Å². The summed E-state index contributed by atoms with van der Waals surface area (Å²) in [5.74, 6) is 5.77. The van der Waals surface area contributed by atoms with Crippen LogP contribution in [0.15, 0.2) is 42.2 Å². The minimum absolute atomic E-state index is 0.432. The van der Waals surface area contributed by atoms with Crippen LogP contribution in [-0.2, 0) is 11.3 Å². The molecule has 0 aromatic heterocycles. The van der Waals surface area contributed by atoms with E-state index in [1.165, 1.54) is 5.01 Å². The van der Waals surface area contributed by atoms with Gasteiger partial charge in [-0.3, -0.25) is 0 Å². The van der Waals surface area contributed by atoms with E-state index in [1.807, 2.05) is 30.3 Å². The first-order valence-electron chi connectivity index (χ1n) is 5.17. The second-order valence-electron chi connectivity index (χ2n) is 3.57. The van der Waals surface area contributed by atoms with Crippen molar-refractivity contribution < 1.29 is 4.79 Å². The molecule has 0 saturated heterocycles. The monoisotopic (exact) mass is 219 g/mol. The first-order chi connectivity index (χ1) is 7.72. The predicted octanol–water partition coefficient (Wildman–Crippen LogP) is 1.14. The normalized spacial score (nSPS) is 11.2. The third-order valence-corrected chi connectivity index (χ3v) is 2.09. The SMILES string of the molecule is N/C(=C\N(N)Cc1ccccc1)CCC=O. The minimum Gasteiger partial charge on any atom is -0.401 e. The van der Waals surface area contributed by atoms with Crippen LogP contribution in [0.25, 0.3) is 0 Å². The van der Waals surface area contributed by atoms with Crippen LogP contribution in [0.1, 0.15) is 18.4 Å². The Kier molecular flexibility index (Phi) is 5.08. The van der Waals surface area contributed by atoms with Gasteiger partial charge < -0.3 is 15.5 Å². The number of hydrogen-bond acceptors (Lipinski definition) is 4. The van der Waals surface area contributed by atoms with E-state index in [0.717, 1.165) is 11.8 Å². The summed E-state index contributed by atoms with van der Waals surface area (Å²) in [5.41, 5.74) is 7.43. The molecule has 0 spiro atoms. The Labute approximate surface area is 95.5 Å². The Hall–Kier alpha value is -1.81. The molecule has 0 fully saturated rings. The first kappa shape index (κ1) is 12.3. The molecule has 0 heterocycles. The molecule has 0 bridgehead atoms. The van der Waals surface area contributed by atoms with Gasteiger partial charge in [0.05, 0.1) is 6.54 Å². The summed E-state index contributed by atoms with van der Waals surface area (Å²) in [5, 5.41) is 1.52. The molecule has 0 radical (unpaired) electrons. The van der Waals surface area contributed by atoms with Crippen LogP contribution in [-0.4, -0.2) is 11.3 Å². The molecule has 1 rings (SSSR count). The van der Waals surface area contributed by atoms with Crippen molar-refractivity contribution in [1.82, 2.24) is 5.01 Å². The van der Waals surface area contributed by atoms with Crippen molar-refractivity contribution in [3.63, 3.8) is 0 Å². The molecule has 1 aromatic carbocycles. The molecule has 0 atom stereocenters. The second-order valence-corrected chi connectivity index (χ2v) is 3.57. The van der Waals surface area contributed by atoms with Crippen LogP contribution >= 0.6 is 0 Å². The zero-order chi connectivity index (χ0) is 11.8. The van der Waals surface area contributed by atoms with Crippen LogP contribution in [0, 0.1) is 0 Å². The van der Waals surface area contributed by atoms with E-state index < -0.39 is 0 Å². The van der Waals surface area contributed by atoms with Crippen molar-refractivity contribution in [2.24, 2.45) is 11.6 Å². The number of hydrazine groups is 1. The fourth-order valence-electron chi connectivity index (χ4n) is 1.34. The van der Waals surface area contributed by atoms with E-state index in [9.17, 15) is 4.79 Å². The van der Waals surface area contributed by atoms with Gasteiger partial charge in [0.25, 0.3) is 0 Å². The highest BCUT2D eigenvalue weighted by molar-refractivity contribution is 5.49. The van der Waals surface area contributed by atoms with Crippen molar-refractivity contribution >= 4 is 6.29 Å². The minimum atomic E-state index is 0.432. The highest BCUT2D eigenvalue weighted by Gasteiger charge is 1.97. The lowest BCUT2D eigenvalue weighted by atomic mass is 10.2. The number of carbonyl (C=O) groups is 1. The number of nitrogens with zero attached hydrogens (tertiary/aromatic N) is 1. The lowest BCUT2D eigenvalue weighted by Gasteiger charge is -2.14. The third kappa shape index (κ3) is 4.61. The summed E-state index contributed by atoms with van der Waals surface area (Å²) in [6, 6.07) is 9.87. The van der Waals surface area contributed by atoms with Crippen molar-refractivity contribution in [3.05, 3.63) is 47.8 Å². The molecular formula is C12H17N3O. The zero-order valence-electron chi connectivity index (χ0n) is 9.17. The number of aldehydes is 1. The highest BCUT2D eigenvalue weighted by Crippen LogP contribution is 2.03. The van der Waals surface area contributed by atoms with Gasteiger partial charge in [0.1, 0.15) is 6.29 Å². The smallest absolute Gasteiger partial charge is 0.120 e. The van der Waals surface area contributed by atoms with Gasteiger partial charge in [-0.25, -0.2) is 5.84 Å². The van der Waals surface area contributed by atoms with E-state index in [2.05, 4.69) is 0 Å². The molecule has 0 unspecified atom stereocenters. The maximum atomic E-state index is 10.2. The Balaban J connectivity index is 2.46. The number of carbonyl (C=O) groups excluding carboxylic acids is 1. The van der Waals surface area contributed by atoms with E-state index in [0.29, 0.717) is 25.1 Å². The van der Waals surface area contributed by atoms with E-state index >= 15 is 0 Å². The van der Waals surface area contributed by atoms with Crippen LogP contribution in [0.2, 0.25) is 0 Å². The number of benzene rings is 1. The highest BCUT2D eigenvalue weighted by atomic mass is 16.1. The van der Waals surface area contributed by atoms with Gasteiger partial charge in [-0.05, 0) is 12.0 Å². The Bertz CT molecular complexity index is 349. The number of hydrogen-bond donors (Lipinski definition) is 2. The van der Waals surface area contributed by atoms with E-state index in [1.54, 1.807) is 6.20 Å². The van der Waals surface area contributed by atoms with E-state index in [4.69, 9.17) is 11.6 Å². The Morgan fingerprint density at radius 1 is 1.31 bits per heavy atom. The maximum Gasteiger partial charge on any atom is 0.120 e. The molecule has 0 amide bonds. The fourth-order valence-corrected chi connectivity index (χ4v) is 1.34. The van der Waals surface area contributed by atoms with Crippen LogP contribution < -0.4 is 11.6 Å². The van der Waals surface area contributed by atoms with Gasteiger partial charge in [-0.15, -0.1) is 0 Å². The van der Waals surface area contributed by atoms with Crippen molar-refractivity contribution in [3.8, 4) is 0 Å². The topological polar surface area (TPSA) is 72.3 Å². The van der Waals surface area contributed by atoms with Crippen molar-refractivity contribution in [2.45, 2.75) is 19.4 Å². The molecule has 0 aliphatic rings. The summed E-state index contributed by atoms with van der Waals surface area (Å²) in [6.07, 6.45) is 3.49. The summed E-state index contributed by atoms with van der Waals surface area (Å²) < 4.78 is 0. The van der Waals surface area contributed by atoms with Gasteiger partial charge in [-0.1, -0.05) is 30.3 Å². The zero-order valence-corrected chi connectivity index (χ0v) is 9.17. The molecule has 4 nitrogen and oxygen atoms in total. The van der Waals surface area contributed by atoms with Crippen molar-refractivity contribution in [1.29, 1.82) is 0 Å². The third-order valence-electron chi connectivity index (χ3n) is 2.09. The van der Waals surface area contributed by atoms with Gasteiger partial charge in [0.15, 0.2) is 0 Å². The van der Waals surface area contributed by atoms with Crippen LogP contribution in [0.5, 0.6) is 0 Å². The largest absolute Gasteiger partial charge is 0.401 e. The number of rotatable bonds is 6. The average molecular weight is 219 g/mol. The maximum absolute atomic E-state index is 10.2. The lowest BCUT2D eigenvalue weighted by molar-refractivity contribution is -0.107.